The second-order valence-electron chi connectivity index (χ2n) is 5.81. The molecule has 2 amide bonds. The van der Waals surface area contributed by atoms with Crippen molar-refractivity contribution in [2.24, 2.45) is 0 Å². The largest absolute Gasteiger partial charge is 0.489 e. The lowest BCUT2D eigenvalue weighted by Crippen LogP contribution is -2.28. The summed E-state index contributed by atoms with van der Waals surface area (Å²) in [4.78, 5) is 24.0. The van der Waals surface area contributed by atoms with Crippen LogP contribution in [0.1, 0.15) is 29.8 Å². The number of carbonyl (C=O) groups excluding carboxylic acids is 2. The summed E-state index contributed by atoms with van der Waals surface area (Å²) in [6.07, 6.45) is -0.0888. The van der Waals surface area contributed by atoms with E-state index in [0.29, 0.717) is 28.6 Å². The minimum Gasteiger partial charge on any atom is -0.489 e. The third-order valence-electron chi connectivity index (χ3n) is 3.35. The third kappa shape index (κ3) is 5.67. The van der Waals surface area contributed by atoms with Gasteiger partial charge in [0.25, 0.3) is 0 Å². The van der Waals surface area contributed by atoms with Gasteiger partial charge in [0.1, 0.15) is 5.75 Å². The quantitative estimate of drug-likeness (QED) is 0.739. The van der Waals surface area contributed by atoms with Gasteiger partial charge in [0.15, 0.2) is 0 Å². The number of rotatable bonds is 6. The molecule has 26 heavy (non-hydrogen) atoms. The van der Waals surface area contributed by atoms with Crippen molar-refractivity contribution in [3.63, 3.8) is 0 Å². The van der Waals surface area contributed by atoms with E-state index in [9.17, 15) is 9.59 Å². The zero-order valence-electron chi connectivity index (χ0n) is 14.8. The first-order chi connectivity index (χ1) is 12.4. The molecule has 0 spiro atoms. The Kier molecular flexibility index (Phi) is 6.86. The predicted molar refractivity (Wildman–Crippen MR) is 101 cm³/mol. The fourth-order valence-electron chi connectivity index (χ4n) is 2.22. The highest BCUT2D eigenvalue weighted by atomic mass is 35.5. The normalized spacial score (nSPS) is 10.3. The van der Waals surface area contributed by atoms with Crippen LogP contribution in [0.25, 0.3) is 0 Å². The maximum atomic E-state index is 12.2. The number of urea groups is 1. The summed E-state index contributed by atoms with van der Waals surface area (Å²) in [5, 5.41) is 6.04. The maximum Gasteiger partial charge on any atom is 0.337 e. The van der Waals surface area contributed by atoms with Crippen molar-refractivity contribution in [3.05, 3.63) is 58.6 Å². The van der Waals surface area contributed by atoms with Crippen LogP contribution in [0.15, 0.2) is 42.5 Å². The van der Waals surface area contributed by atoms with Gasteiger partial charge in [-0.1, -0.05) is 23.7 Å². The van der Waals surface area contributed by atoms with Crippen LogP contribution in [0.5, 0.6) is 5.75 Å². The third-order valence-corrected chi connectivity index (χ3v) is 3.59. The Hall–Kier alpha value is -2.73. The summed E-state index contributed by atoms with van der Waals surface area (Å²) in [5.74, 6) is -0.0333. The number of hydrogen-bond acceptors (Lipinski definition) is 4. The molecule has 2 rings (SSSR count). The van der Waals surface area contributed by atoms with Crippen molar-refractivity contribution in [2.75, 3.05) is 12.4 Å². The lowest BCUT2D eigenvalue weighted by atomic mass is 10.2. The standard InChI is InChI=1S/C19H21ClN2O4/c1-12(2)26-17-8-7-14(18(23)25-3)10-16(17)22-19(24)21-11-13-5-4-6-15(20)9-13/h4-10,12H,11H2,1-3H3,(H2,21,22,24). The van der Waals surface area contributed by atoms with E-state index in [1.807, 2.05) is 26.0 Å². The molecule has 0 heterocycles. The molecule has 2 N–H and O–H groups in total. The molecule has 2 aromatic carbocycles. The van der Waals surface area contributed by atoms with E-state index in [-0.39, 0.29) is 6.10 Å². The minimum atomic E-state index is -0.497. The lowest BCUT2D eigenvalue weighted by Gasteiger charge is -2.16. The van der Waals surface area contributed by atoms with Crippen LogP contribution >= 0.6 is 11.6 Å². The summed E-state index contributed by atoms with van der Waals surface area (Å²) in [6.45, 7) is 4.05. The van der Waals surface area contributed by atoms with Crippen molar-refractivity contribution in [1.29, 1.82) is 0 Å². The minimum absolute atomic E-state index is 0.0888. The molecular weight excluding hydrogens is 356 g/mol. The van der Waals surface area contributed by atoms with E-state index in [1.165, 1.54) is 13.2 Å². The molecule has 2 aromatic rings. The van der Waals surface area contributed by atoms with Crippen LogP contribution in [0.4, 0.5) is 10.5 Å². The maximum absolute atomic E-state index is 12.2. The highest BCUT2D eigenvalue weighted by Crippen LogP contribution is 2.27. The summed E-state index contributed by atoms with van der Waals surface area (Å²) >= 11 is 5.93. The fourth-order valence-corrected chi connectivity index (χ4v) is 2.44. The number of methoxy groups -OCH3 is 1. The lowest BCUT2D eigenvalue weighted by molar-refractivity contribution is 0.0600. The molecule has 0 aliphatic rings. The highest BCUT2D eigenvalue weighted by Gasteiger charge is 2.14. The van der Waals surface area contributed by atoms with Gasteiger partial charge in [-0.2, -0.15) is 0 Å². The number of esters is 1. The van der Waals surface area contributed by atoms with Gasteiger partial charge in [-0.15, -0.1) is 0 Å². The van der Waals surface area contributed by atoms with Crippen LogP contribution in [0.2, 0.25) is 5.02 Å². The van der Waals surface area contributed by atoms with E-state index >= 15 is 0 Å². The van der Waals surface area contributed by atoms with Crippen LogP contribution < -0.4 is 15.4 Å². The van der Waals surface area contributed by atoms with Crippen molar-refractivity contribution in [3.8, 4) is 5.75 Å². The van der Waals surface area contributed by atoms with E-state index < -0.39 is 12.0 Å². The van der Waals surface area contributed by atoms with E-state index in [2.05, 4.69) is 10.6 Å². The molecule has 0 unspecified atom stereocenters. The Labute approximate surface area is 157 Å². The first-order valence-electron chi connectivity index (χ1n) is 8.07. The monoisotopic (exact) mass is 376 g/mol. The summed E-state index contributed by atoms with van der Waals surface area (Å²) in [6, 6.07) is 11.5. The van der Waals surface area contributed by atoms with Gasteiger partial charge in [-0.3, -0.25) is 0 Å². The number of nitrogens with one attached hydrogen (secondary N) is 2. The average molecular weight is 377 g/mol. The number of hydrogen-bond donors (Lipinski definition) is 2. The fraction of sp³-hybridized carbons (Fsp3) is 0.263. The molecule has 0 saturated carbocycles. The number of anilines is 1. The molecule has 6 nitrogen and oxygen atoms in total. The number of benzene rings is 2. The van der Waals surface area contributed by atoms with Crippen molar-refractivity contribution in [1.82, 2.24) is 5.32 Å². The van der Waals surface area contributed by atoms with Gasteiger partial charge in [0.05, 0.1) is 24.5 Å². The zero-order valence-corrected chi connectivity index (χ0v) is 15.6. The van der Waals surface area contributed by atoms with Crippen molar-refractivity contribution < 1.29 is 19.1 Å². The Bertz CT molecular complexity index is 793. The smallest absolute Gasteiger partial charge is 0.337 e. The van der Waals surface area contributed by atoms with Gasteiger partial charge in [-0.25, -0.2) is 9.59 Å². The Morgan fingerprint density at radius 2 is 1.92 bits per heavy atom. The van der Waals surface area contributed by atoms with E-state index in [1.54, 1.807) is 24.3 Å². The molecule has 0 atom stereocenters. The first-order valence-corrected chi connectivity index (χ1v) is 8.45. The van der Waals surface area contributed by atoms with Crippen LogP contribution in [0, 0.1) is 0 Å². The van der Waals surface area contributed by atoms with Crippen LogP contribution in [-0.4, -0.2) is 25.2 Å². The topological polar surface area (TPSA) is 76.7 Å². The molecule has 0 aliphatic carbocycles. The Balaban J connectivity index is 2.11. The first kappa shape index (κ1) is 19.6. The van der Waals surface area contributed by atoms with Crippen molar-refractivity contribution in [2.45, 2.75) is 26.5 Å². The highest BCUT2D eigenvalue weighted by molar-refractivity contribution is 6.30. The summed E-state index contributed by atoms with van der Waals surface area (Å²) < 4.78 is 10.4. The molecule has 0 aliphatic heterocycles. The second-order valence-corrected chi connectivity index (χ2v) is 6.24. The van der Waals surface area contributed by atoms with Crippen LogP contribution in [-0.2, 0) is 11.3 Å². The molecule has 0 saturated heterocycles. The molecule has 0 aromatic heterocycles. The number of ether oxygens (including phenoxy) is 2. The molecule has 0 radical (unpaired) electrons. The van der Waals surface area contributed by atoms with Gasteiger partial charge in [-0.05, 0) is 49.7 Å². The molecule has 0 fully saturated rings. The number of amides is 2. The molecule has 138 valence electrons. The second kappa shape index (κ2) is 9.10. The summed E-state index contributed by atoms with van der Waals surface area (Å²) in [5.41, 5.74) is 1.56. The predicted octanol–water partition coefficient (Wildman–Crippen LogP) is 4.24. The Morgan fingerprint density at radius 1 is 1.15 bits per heavy atom. The molecular formula is C19H21ClN2O4. The van der Waals surface area contributed by atoms with Gasteiger partial charge in [0, 0.05) is 11.6 Å². The average Bonchev–Trinajstić information content (AvgIpc) is 2.60. The SMILES string of the molecule is COC(=O)c1ccc(OC(C)C)c(NC(=O)NCc2cccc(Cl)c2)c1. The van der Waals surface area contributed by atoms with Crippen LogP contribution in [0.3, 0.4) is 0 Å². The van der Waals surface area contributed by atoms with Crippen molar-refractivity contribution >= 4 is 29.3 Å². The van der Waals surface area contributed by atoms with E-state index in [0.717, 1.165) is 5.56 Å². The van der Waals surface area contributed by atoms with Gasteiger partial charge >= 0.3 is 12.0 Å². The van der Waals surface area contributed by atoms with Gasteiger partial charge in [0.2, 0.25) is 0 Å². The van der Waals surface area contributed by atoms with Gasteiger partial charge < -0.3 is 20.1 Å². The molecule has 0 bridgehead atoms. The number of halogens is 1. The summed E-state index contributed by atoms with van der Waals surface area (Å²) in [7, 11) is 1.30. The Morgan fingerprint density at radius 3 is 2.58 bits per heavy atom. The number of carbonyl (C=O) groups is 2. The zero-order chi connectivity index (χ0) is 19.1. The molecule has 7 heteroatoms. The van der Waals surface area contributed by atoms with E-state index in [4.69, 9.17) is 21.1 Å².